The molecule has 0 spiro atoms. The molecule has 2 heterocycles. The normalized spacial score (nSPS) is 12.3. The van der Waals surface area contributed by atoms with Crippen LogP contribution < -0.4 is 15.4 Å². The molecule has 0 radical (unpaired) electrons. The zero-order chi connectivity index (χ0) is 18.1. The number of aromatic nitrogens is 3. The van der Waals surface area contributed by atoms with Gasteiger partial charge in [-0.05, 0) is 11.4 Å². The number of guanidine groups is 1. The molecule has 0 aliphatic carbocycles. The van der Waals surface area contributed by atoms with Crippen LogP contribution in [-0.4, -0.2) is 55.8 Å². The van der Waals surface area contributed by atoms with Gasteiger partial charge in [-0.15, -0.1) is 21.5 Å². The standard InChI is InChI=1S/C14H23N7O2S2/c1-3-12-20-18-11-21(12)9-8-17-14(15-2)16-6-7-19-25(22,23)13-5-4-10-24-13/h4-5,10-11,19H,3,6-9H2,1-2H3,(H2,15,16,17). The summed E-state index contributed by atoms with van der Waals surface area (Å²) in [7, 11) is -1.76. The molecule has 3 N–H and O–H groups in total. The molecule has 0 fully saturated rings. The quantitative estimate of drug-likeness (QED) is 0.319. The average Bonchev–Trinajstić information content (AvgIpc) is 3.28. The number of sulfonamides is 1. The lowest BCUT2D eigenvalue weighted by Crippen LogP contribution is -2.42. The van der Waals surface area contributed by atoms with Crippen molar-refractivity contribution in [3.8, 4) is 0 Å². The summed E-state index contributed by atoms with van der Waals surface area (Å²) in [4.78, 5) is 4.11. The summed E-state index contributed by atoms with van der Waals surface area (Å²) in [5.41, 5.74) is 0. The zero-order valence-electron chi connectivity index (χ0n) is 14.3. The Morgan fingerprint density at radius 1 is 1.32 bits per heavy atom. The fraction of sp³-hybridized carbons (Fsp3) is 0.500. The number of aryl methyl sites for hydroxylation is 1. The van der Waals surface area contributed by atoms with Crippen molar-refractivity contribution in [1.29, 1.82) is 0 Å². The van der Waals surface area contributed by atoms with Crippen LogP contribution in [0.3, 0.4) is 0 Å². The monoisotopic (exact) mass is 385 g/mol. The Bertz CT molecular complexity index is 769. The largest absolute Gasteiger partial charge is 0.355 e. The molecule has 11 heteroatoms. The molecule has 2 aromatic rings. The number of aliphatic imine (C=N–C) groups is 1. The van der Waals surface area contributed by atoms with Gasteiger partial charge in [-0.2, -0.15) is 0 Å². The number of nitrogens with zero attached hydrogens (tertiary/aromatic N) is 4. The summed E-state index contributed by atoms with van der Waals surface area (Å²) in [6.45, 7) is 4.11. The molecule has 2 rings (SSSR count). The number of hydrogen-bond acceptors (Lipinski definition) is 6. The van der Waals surface area contributed by atoms with Crippen molar-refractivity contribution >= 4 is 27.3 Å². The smallest absolute Gasteiger partial charge is 0.250 e. The molecule has 2 aromatic heterocycles. The van der Waals surface area contributed by atoms with Gasteiger partial charge in [0.15, 0.2) is 5.96 Å². The van der Waals surface area contributed by atoms with E-state index in [1.807, 2.05) is 11.5 Å². The van der Waals surface area contributed by atoms with Gasteiger partial charge in [-0.1, -0.05) is 13.0 Å². The van der Waals surface area contributed by atoms with E-state index < -0.39 is 10.0 Å². The van der Waals surface area contributed by atoms with E-state index in [2.05, 4.69) is 30.5 Å². The van der Waals surface area contributed by atoms with Crippen molar-refractivity contribution in [3.05, 3.63) is 29.7 Å². The molecule has 0 amide bonds. The summed E-state index contributed by atoms with van der Waals surface area (Å²) < 4.78 is 28.8. The molecule has 9 nitrogen and oxygen atoms in total. The lowest BCUT2D eigenvalue weighted by atomic mass is 10.4. The number of rotatable bonds is 9. The fourth-order valence-electron chi connectivity index (χ4n) is 2.11. The van der Waals surface area contributed by atoms with Crippen molar-refractivity contribution in [2.75, 3.05) is 26.7 Å². The minimum Gasteiger partial charge on any atom is -0.355 e. The summed E-state index contributed by atoms with van der Waals surface area (Å²) in [5, 5.41) is 15.9. The Morgan fingerprint density at radius 2 is 2.12 bits per heavy atom. The SMILES string of the molecule is CCc1nncn1CCNC(=NC)NCCNS(=O)(=O)c1cccs1. The van der Waals surface area contributed by atoms with E-state index in [0.717, 1.165) is 18.8 Å². The van der Waals surface area contributed by atoms with Crippen LogP contribution in [0.15, 0.2) is 33.0 Å². The molecule has 25 heavy (non-hydrogen) atoms. The maximum Gasteiger partial charge on any atom is 0.250 e. The first-order valence-electron chi connectivity index (χ1n) is 7.91. The Kier molecular flexibility index (Phi) is 7.34. The van der Waals surface area contributed by atoms with Crippen molar-refractivity contribution in [1.82, 2.24) is 30.1 Å². The Hall–Kier alpha value is -1.98. The molecule has 0 aliphatic rings. The van der Waals surface area contributed by atoms with Crippen LogP contribution in [0.5, 0.6) is 0 Å². The lowest BCUT2D eigenvalue weighted by molar-refractivity contribution is 0.582. The van der Waals surface area contributed by atoms with E-state index in [0.29, 0.717) is 23.3 Å². The van der Waals surface area contributed by atoms with Gasteiger partial charge in [0.1, 0.15) is 16.4 Å². The Morgan fingerprint density at radius 3 is 2.80 bits per heavy atom. The van der Waals surface area contributed by atoms with Crippen LogP contribution in [-0.2, 0) is 23.0 Å². The van der Waals surface area contributed by atoms with Crippen LogP contribution in [0.1, 0.15) is 12.7 Å². The molecular formula is C14H23N7O2S2. The first-order valence-corrected chi connectivity index (χ1v) is 10.3. The van der Waals surface area contributed by atoms with Gasteiger partial charge in [0.05, 0.1) is 0 Å². The van der Waals surface area contributed by atoms with E-state index in [9.17, 15) is 8.42 Å². The molecular weight excluding hydrogens is 362 g/mol. The van der Waals surface area contributed by atoms with E-state index in [1.165, 1.54) is 11.3 Å². The zero-order valence-corrected chi connectivity index (χ0v) is 15.9. The first kappa shape index (κ1) is 19.3. The van der Waals surface area contributed by atoms with E-state index >= 15 is 0 Å². The molecule has 0 aliphatic heterocycles. The van der Waals surface area contributed by atoms with E-state index in [4.69, 9.17) is 0 Å². The number of thiophene rings is 1. The fourth-order valence-corrected chi connectivity index (χ4v) is 4.18. The average molecular weight is 386 g/mol. The summed E-state index contributed by atoms with van der Waals surface area (Å²) in [5.74, 6) is 1.55. The predicted molar refractivity (Wildman–Crippen MR) is 98.3 cm³/mol. The molecule has 0 aromatic carbocycles. The van der Waals surface area contributed by atoms with Crippen molar-refractivity contribution in [2.24, 2.45) is 4.99 Å². The van der Waals surface area contributed by atoms with Crippen molar-refractivity contribution in [2.45, 2.75) is 24.1 Å². The van der Waals surface area contributed by atoms with Gasteiger partial charge in [-0.25, -0.2) is 13.1 Å². The number of nitrogens with one attached hydrogen (secondary N) is 3. The minimum absolute atomic E-state index is 0.270. The van der Waals surface area contributed by atoms with Gasteiger partial charge in [0.25, 0.3) is 0 Å². The van der Waals surface area contributed by atoms with Crippen LogP contribution in [0.25, 0.3) is 0 Å². The topological polar surface area (TPSA) is 113 Å². The molecule has 0 saturated heterocycles. The summed E-state index contributed by atoms with van der Waals surface area (Å²) in [6.07, 6.45) is 2.54. The third kappa shape index (κ3) is 5.80. The second-order valence-corrected chi connectivity index (χ2v) is 7.99. The van der Waals surface area contributed by atoms with Crippen LogP contribution in [0, 0.1) is 0 Å². The maximum absolute atomic E-state index is 12.0. The predicted octanol–water partition coefficient (Wildman–Crippen LogP) is 0.0455. The molecule has 0 unspecified atom stereocenters. The van der Waals surface area contributed by atoms with Gasteiger partial charge in [0.2, 0.25) is 10.0 Å². The first-order chi connectivity index (χ1) is 12.1. The Balaban J connectivity index is 1.68. The van der Waals surface area contributed by atoms with Crippen LogP contribution in [0.2, 0.25) is 0 Å². The molecule has 0 bridgehead atoms. The van der Waals surface area contributed by atoms with E-state index in [1.54, 1.807) is 30.9 Å². The van der Waals surface area contributed by atoms with Gasteiger partial charge in [0, 0.05) is 39.6 Å². The maximum atomic E-state index is 12.0. The summed E-state index contributed by atoms with van der Waals surface area (Å²) in [6, 6.07) is 3.29. The number of hydrogen-bond donors (Lipinski definition) is 3. The summed E-state index contributed by atoms with van der Waals surface area (Å²) >= 11 is 1.19. The second-order valence-electron chi connectivity index (χ2n) is 5.05. The van der Waals surface area contributed by atoms with Crippen molar-refractivity contribution < 1.29 is 8.42 Å². The highest BCUT2D eigenvalue weighted by Crippen LogP contribution is 2.14. The van der Waals surface area contributed by atoms with Gasteiger partial charge >= 0.3 is 0 Å². The molecule has 0 atom stereocenters. The highest BCUT2D eigenvalue weighted by Gasteiger charge is 2.13. The second kappa shape index (κ2) is 9.49. The Labute approximate surface area is 151 Å². The van der Waals surface area contributed by atoms with Crippen LogP contribution >= 0.6 is 11.3 Å². The van der Waals surface area contributed by atoms with Crippen LogP contribution in [0.4, 0.5) is 0 Å². The molecule has 0 saturated carbocycles. The minimum atomic E-state index is -3.42. The van der Waals surface area contributed by atoms with Crippen molar-refractivity contribution in [3.63, 3.8) is 0 Å². The lowest BCUT2D eigenvalue weighted by Gasteiger charge is -2.13. The van der Waals surface area contributed by atoms with Gasteiger partial charge < -0.3 is 15.2 Å². The highest BCUT2D eigenvalue weighted by atomic mass is 32.2. The van der Waals surface area contributed by atoms with E-state index in [-0.39, 0.29) is 6.54 Å². The third-order valence-corrected chi connectivity index (χ3v) is 6.21. The highest BCUT2D eigenvalue weighted by molar-refractivity contribution is 7.91. The van der Waals surface area contributed by atoms with Gasteiger partial charge in [-0.3, -0.25) is 4.99 Å². The molecule has 138 valence electrons. The third-order valence-electron chi connectivity index (χ3n) is 3.35.